The van der Waals surface area contributed by atoms with Gasteiger partial charge in [0.25, 0.3) is 5.91 Å². The van der Waals surface area contributed by atoms with Crippen LogP contribution in [0.15, 0.2) is 22.7 Å². The summed E-state index contributed by atoms with van der Waals surface area (Å²) in [7, 11) is 1.74. The van der Waals surface area contributed by atoms with Gasteiger partial charge < -0.3 is 4.90 Å². The molecule has 1 aromatic carbocycles. The van der Waals surface area contributed by atoms with E-state index in [1.54, 1.807) is 24.1 Å². The van der Waals surface area contributed by atoms with Crippen molar-refractivity contribution in [3.8, 4) is 0 Å². The van der Waals surface area contributed by atoms with Gasteiger partial charge >= 0.3 is 0 Å². The molecular formula is C13H15BrFNO. The minimum atomic E-state index is -0.479. The first-order chi connectivity index (χ1) is 8.02. The number of nitrogens with zero attached hydrogens (tertiary/aromatic N) is 1. The molecule has 2 nitrogen and oxygen atoms in total. The van der Waals surface area contributed by atoms with E-state index >= 15 is 0 Å². The van der Waals surface area contributed by atoms with Gasteiger partial charge in [0.05, 0.1) is 10.0 Å². The third-order valence-electron chi connectivity index (χ3n) is 3.42. The lowest BCUT2D eigenvalue weighted by molar-refractivity contribution is 0.0722. The van der Waals surface area contributed by atoms with E-state index in [0.29, 0.717) is 10.4 Å². The van der Waals surface area contributed by atoms with Crippen LogP contribution in [0, 0.1) is 11.7 Å². The molecule has 0 aliphatic heterocycles. The van der Waals surface area contributed by atoms with Gasteiger partial charge in [-0.1, -0.05) is 6.07 Å². The summed E-state index contributed by atoms with van der Waals surface area (Å²) < 4.78 is 14.1. The molecule has 92 valence electrons. The van der Waals surface area contributed by atoms with Crippen LogP contribution in [0.1, 0.15) is 30.1 Å². The predicted molar refractivity (Wildman–Crippen MR) is 68.4 cm³/mol. The maximum absolute atomic E-state index is 13.8. The van der Waals surface area contributed by atoms with Crippen molar-refractivity contribution in [3.63, 3.8) is 0 Å². The Morgan fingerprint density at radius 3 is 2.76 bits per heavy atom. The first-order valence-electron chi connectivity index (χ1n) is 5.73. The Morgan fingerprint density at radius 1 is 1.53 bits per heavy atom. The maximum atomic E-state index is 13.8. The van der Waals surface area contributed by atoms with Crippen molar-refractivity contribution in [2.75, 3.05) is 7.05 Å². The Hall–Kier alpha value is -0.900. The highest BCUT2D eigenvalue weighted by molar-refractivity contribution is 9.10. The smallest absolute Gasteiger partial charge is 0.256 e. The third-order valence-corrected chi connectivity index (χ3v) is 4.03. The van der Waals surface area contributed by atoms with Gasteiger partial charge in [0.15, 0.2) is 0 Å². The van der Waals surface area contributed by atoms with Crippen LogP contribution >= 0.6 is 15.9 Å². The van der Waals surface area contributed by atoms with Gasteiger partial charge in [-0.2, -0.15) is 0 Å². The Bertz CT molecular complexity index is 445. The van der Waals surface area contributed by atoms with E-state index in [-0.39, 0.29) is 17.5 Å². The summed E-state index contributed by atoms with van der Waals surface area (Å²) in [6.45, 7) is 2.02. The van der Waals surface area contributed by atoms with E-state index < -0.39 is 5.82 Å². The molecule has 0 aromatic heterocycles. The number of halogens is 2. The lowest BCUT2D eigenvalue weighted by Crippen LogP contribution is -2.36. The van der Waals surface area contributed by atoms with Crippen molar-refractivity contribution in [1.29, 1.82) is 0 Å². The molecular weight excluding hydrogens is 285 g/mol. The predicted octanol–water partition coefficient (Wildman–Crippen LogP) is 3.46. The van der Waals surface area contributed by atoms with Crippen molar-refractivity contribution in [1.82, 2.24) is 4.90 Å². The SMILES string of the molecule is CC(C1CC1)N(C)C(=O)c1cccc(Br)c1F. The summed E-state index contributed by atoms with van der Waals surface area (Å²) in [6.07, 6.45) is 2.33. The highest BCUT2D eigenvalue weighted by Gasteiger charge is 2.33. The Labute approximate surface area is 109 Å². The molecule has 1 atom stereocenters. The van der Waals surface area contributed by atoms with Gasteiger partial charge in [0.1, 0.15) is 5.82 Å². The second kappa shape index (κ2) is 4.77. The lowest BCUT2D eigenvalue weighted by atomic mass is 10.1. The van der Waals surface area contributed by atoms with Crippen LogP contribution in [-0.4, -0.2) is 23.9 Å². The summed E-state index contributed by atoms with van der Waals surface area (Å²) >= 11 is 3.10. The standard InChI is InChI=1S/C13H15BrFNO/c1-8(9-6-7-9)16(2)13(17)10-4-3-5-11(14)12(10)15/h3-5,8-9H,6-7H2,1-2H3. The number of hydrogen-bond acceptors (Lipinski definition) is 1. The first kappa shape index (κ1) is 12.6. The average Bonchev–Trinajstić information content (AvgIpc) is 3.14. The molecule has 0 bridgehead atoms. The zero-order chi connectivity index (χ0) is 12.6. The summed E-state index contributed by atoms with van der Waals surface area (Å²) in [6, 6.07) is 4.98. The van der Waals surface area contributed by atoms with E-state index in [1.165, 1.54) is 18.9 Å². The van der Waals surface area contributed by atoms with Gasteiger partial charge in [-0.25, -0.2) is 4.39 Å². The number of carbonyl (C=O) groups excluding carboxylic acids is 1. The first-order valence-corrected chi connectivity index (χ1v) is 6.53. The highest BCUT2D eigenvalue weighted by atomic mass is 79.9. The molecule has 1 aliphatic rings. The lowest BCUT2D eigenvalue weighted by Gasteiger charge is -2.25. The molecule has 2 rings (SSSR count). The van der Waals surface area contributed by atoms with Crippen LogP contribution < -0.4 is 0 Å². The summed E-state index contributed by atoms with van der Waals surface area (Å²) in [5.41, 5.74) is 0.134. The van der Waals surface area contributed by atoms with Crippen LogP contribution in [0.2, 0.25) is 0 Å². The van der Waals surface area contributed by atoms with Crippen LogP contribution in [0.25, 0.3) is 0 Å². The van der Waals surface area contributed by atoms with Crippen LogP contribution in [0.5, 0.6) is 0 Å². The zero-order valence-electron chi connectivity index (χ0n) is 9.91. The molecule has 1 amide bonds. The molecule has 1 unspecified atom stereocenters. The quantitative estimate of drug-likeness (QED) is 0.837. The molecule has 0 spiro atoms. The van der Waals surface area contributed by atoms with Crippen molar-refractivity contribution in [2.24, 2.45) is 5.92 Å². The fourth-order valence-corrected chi connectivity index (χ4v) is 2.30. The van der Waals surface area contributed by atoms with Gasteiger partial charge in [-0.3, -0.25) is 4.79 Å². The maximum Gasteiger partial charge on any atom is 0.256 e. The average molecular weight is 300 g/mol. The molecule has 0 N–H and O–H groups in total. The number of carbonyl (C=O) groups is 1. The van der Waals surface area contributed by atoms with Crippen molar-refractivity contribution < 1.29 is 9.18 Å². The van der Waals surface area contributed by atoms with Crippen LogP contribution in [-0.2, 0) is 0 Å². The molecule has 1 aromatic rings. The third kappa shape index (κ3) is 2.51. The Kier molecular flexibility index (Phi) is 3.52. The normalized spacial score (nSPS) is 16.7. The number of amides is 1. The summed E-state index contributed by atoms with van der Waals surface area (Å²) in [4.78, 5) is 13.8. The fourth-order valence-electron chi connectivity index (χ4n) is 1.94. The van der Waals surface area contributed by atoms with E-state index in [1.807, 2.05) is 6.92 Å². The Morgan fingerprint density at radius 2 is 2.18 bits per heavy atom. The van der Waals surface area contributed by atoms with Crippen LogP contribution in [0.4, 0.5) is 4.39 Å². The molecule has 1 saturated carbocycles. The van der Waals surface area contributed by atoms with Gasteiger partial charge in [0, 0.05) is 13.1 Å². The van der Waals surface area contributed by atoms with Crippen molar-refractivity contribution >= 4 is 21.8 Å². The fraction of sp³-hybridized carbons (Fsp3) is 0.462. The topological polar surface area (TPSA) is 20.3 Å². The van der Waals surface area contributed by atoms with Crippen LogP contribution in [0.3, 0.4) is 0 Å². The number of benzene rings is 1. The number of hydrogen-bond donors (Lipinski definition) is 0. The summed E-state index contributed by atoms with van der Waals surface area (Å²) in [5.74, 6) is -0.144. The molecule has 0 saturated heterocycles. The monoisotopic (exact) mass is 299 g/mol. The van der Waals surface area contributed by atoms with Gasteiger partial charge in [-0.05, 0) is 53.7 Å². The number of rotatable bonds is 3. The molecule has 0 heterocycles. The minimum absolute atomic E-state index is 0.134. The largest absolute Gasteiger partial charge is 0.339 e. The molecule has 0 radical (unpaired) electrons. The molecule has 1 aliphatic carbocycles. The van der Waals surface area contributed by atoms with Crippen molar-refractivity contribution in [3.05, 3.63) is 34.1 Å². The second-order valence-corrected chi connectivity index (χ2v) is 5.45. The minimum Gasteiger partial charge on any atom is -0.339 e. The van der Waals surface area contributed by atoms with Crippen molar-refractivity contribution in [2.45, 2.75) is 25.8 Å². The molecule has 17 heavy (non-hydrogen) atoms. The Balaban J connectivity index is 2.21. The van der Waals surface area contributed by atoms with E-state index in [0.717, 1.165) is 0 Å². The second-order valence-electron chi connectivity index (χ2n) is 4.60. The molecule has 1 fully saturated rings. The zero-order valence-corrected chi connectivity index (χ0v) is 11.5. The molecule has 4 heteroatoms. The van der Waals surface area contributed by atoms with E-state index in [9.17, 15) is 9.18 Å². The van der Waals surface area contributed by atoms with Gasteiger partial charge in [-0.15, -0.1) is 0 Å². The highest BCUT2D eigenvalue weighted by Crippen LogP contribution is 2.35. The van der Waals surface area contributed by atoms with E-state index in [4.69, 9.17) is 0 Å². The summed E-state index contributed by atoms with van der Waals surface area (Å²) in [5, 5.41) is 0. The van der Waals surface area contributed by atoms with E-state index in [2.05, 4.69) is 15.9 Å². The van der Waals surface area contributed by atoms with Gasteiger partial charge in [0.2, 0.25) is 0 Å².